The van der Waals surface area contributed by atoms with Crippen molar-refractivity contribution in [3.8, 4) is 0 Å². The number of hydrogen-bond donors (Lipinski definition) is 1. The Labute approximate surface area is 88.9 Å². The Hall–Kier alpha value is -1.65. The van der Waals surface area contributed by atoms with Crippen LogP contribution in [-0.4, -0.2) is 29.1 Å². The molecule has 0 aliphatic carbocycles. The predicted molar refractivity (Wildman–Crippen MR) is 56.9 cm³/mol. The van der Waals surface area contributed by atoms with Crippen molar-refractivity contribution >= 4 is 11.9 Å². The Balaban J connectivity index is 2.93. The molecule has 0 aliphatic rings. The molecule has 0 atom stereocenters. The van der Waals surface area contributed by atoms with Gasteiger partial charge in [0.25, 0.3) is 0 Å². The molecular weight excluding hydrogens is 194 g/mol. The highest BCUT2D eigenvalue weighted by molar-refractivity contribution is 5.90. The maximum atomic E-state index is 11.2. The summed E-state index contributed by atoms with van der Waals surface area (Å²) in [7, 11) is 1.34. The number of anilines is 1. The second-order valence-corrected chi connectivity index (χ2v) is 3.48. The fraction of sp³-hybridized carbons (Fsp3) is 0.500. The van der Waals surface area contributed by atoms with Crippen LogP contribution in [0.4, 0.5) is 5.95 Å². The fourth-order valence-electron chi connectivity index (χ4n) is 1.11. The van der Waals surface area contributed by atoms with Gasteiger partial charge in [-0.15, -0.1) is 0 Å². The number of hydrogen-bond acceptors (Lipinski definition) is 5. The average molecular weight is 209 g/mol. The molecule has 1 heterocycles. The molecule has 0 aliphatic heterocycles. The zero-order valence-corrected chi connectivity index (χ0v) is 9.37. The summed E-state index contributed by atoms with van der Waals surface area (Å²) in [5.41, 5.74) is 1.01. The van der Waals surface area contributed by atoms with E-state index < -0.39 is 5.97 Å². The molecule has 1 aromatic heterocycles. The number of esters is 1. The first kappa shape index (κ1) is 11.4. The lowest BCUT2D eigenvalue weighted by Gasteiger charge is -2.09. The van der Waals surface area contributed by atoms with Crippen LogP contribution in [0.5, 0.6) is 0 Å². The average Bonchev–Trinajstić information content (AvgIpc) is 2.16. The molecule has 0 bridgehead atoms. The lowest BCUT2D eigenvalue weighted by atomic mass is 10.2. The topological polar surface area (TPSA) is 64.1 Å². The van der Waals surface area contributed by atoms with Gasteiger partial charge in [-0.1, -0.05) is 0 Å². The van der Waals surface area contributed by atoms with Crippen molar-refractivity contribution in [1.29, 1.82) is 0 Å². The van der Waals surface area contributed by atoms with Crippen molar-refractivity contribution in [2.45, 2.75) is 26.8 Å². The van der Waals surface area contributed by atoms with Gasteiger partial charge in [0.05, 0.1) is 18.4 Å². The third-order valence-corrected chi connectivity index (χ3v) is 1.80. The van der Waals surface area contributed by atoms with Crippen LogP contribution >= 0.6 is 0 Å². The van der Waals surface area contributed by atoms with E-state index in [2.05, 4.69) is 20.0 Å². The van der Waals surface area contributed by atoms with E-state index in [1.54, 1.807) is 6.92 Å². The molecular formula is C10H15N3O2. The van der Waals surface area contributed by atoms with Crippen molar-refractivity contribution in [2.24, 2.45) is 0 Å². The molecule has 0 radical (unpaired) electrons. The number of carbonyl (C=O) groups is 1. The molecule has 5 heteroatoms. The maximum absolute atomic E-state index is 11.2. The summed E-state index contributed by atoms with van der Waals surface area (Å²) in [5.74, 6) is 0.110. The van der Waals surface area contributed by atoms with Crippen LogP contribution < -0.4 is 5.32 Å². The highest BCUT2D eigenvalue weighted by Gasteiger charge is 2.11. The summed E-state index contributed by atoms with van der Waals surface area (Å²) in [5, 5.41) is 3.06. The van der Waals surface area contributed by atoms with Gasteiger partial charge >= 0.3 is 5.97 Å². The zero-order valence-electron chi connectivity index (χ0n) is 9.37. The molecule has 0 amide bonds. The number of rotatable bonds is 3. The van der Waals surface area contributed by atoms with Crippen molar-refractivity contribution in [2.75, 3.05) is 12.4 Å². The Morgan fingerprint density at radius 1 is 1.53 bits per heavy atom. The van der Waals surface area contributed by atoms with Gasteiger partial charge in [-0.2, -0.15) is 0 Å². The number of methoxy groups -OCH3 is 1. The lowest BCUT2D eigenvalue weighted by molar-refractivity contribution is 0.0599. The Morgan fingerprint density at radius 3 is 2.67 bits per heavy atom. The number of aryl methyl sites for hydroxylation is 1. The SMILES string of the molecule is COC(=O)c1cnc(NC(C)C)nc1C. The van der Waals surface area contributed by atoms with Crippen LogP contribution in [-0.2, 0) is 4.74 Å². The molecule has 1 aromatic rings. The standard InChI is InChI=1S/C10H15N3O2/c1-6(2)12-10-11-5-8(7(3)13-10)9(14)15-4/h5-6H,1-4H3,(H,11,12,13). The van der Waals surface area contributed by atoms with Crippen LogP contribution in [0.15, 0.2) is 6.20 Å². The van der Waals surface area contributed by atoms with E-state index in [0.29, 0.717) is 17.2 Å². The number of nitrogens with one attached hydrogen (secondary N) is 1. The van der Waals surface area contributed by atoms with Crippen molar-refractivity contribution in [1.82, 2.24) is 9.97 Å². The van der Waals surface area contributed by atoms with E-state index in [1.165, 1.54) is 13.3 Å². The largest absolute Gasteiger partial charge is 0.465 e. The van der Waals surface area contributed by atoms with Crippen molar-refractivity contribution in [3.63, 3.8) is 0 Å². The van der Waals surface area contributed by atoms with E-state index in [4.69, 9.17) is 0 Å². The summed E-state index contributed by atoms with van der Waals surface area (Å²) >= 11 is 0. The first-order valence-electron chi connectivity index (χ1n) is 4.73. The van der Waals surface area contributed by atoms with Crippen LogP contribution in [0.25, 0.3) is 0 Å². The molecule has 1 N–H and O–H groups in total. The third-order valence-electron chi connectivity index (χ3n) is 1.80. The van der Waals surface area contributed by atoms with Crippen molar-refractivity contribution in [3.05, 3.63) is 17.5 Å². The van der Waals surface area contributed by atoms with E-state index in [-0.39, 0.29) is 6.04 Å². The summed E-state index contributed by atoms with van der Waals surface area (Å²) in [6.45, 7) is 5.74. The van der Waals surface area contributed by atoms with Gasteiger partial charge in [0, 0.05) is 12.2 Å². The quantitative estimate of drug-likeness (QED) is 0.762. The van der Waals surface area contributed by atoms with Gasteiger partial charge in [-0.3, -0.25) is 0 Å². The van der Waals surface area contributed by atoms with Gasteiger partial charge in [0.1, 0.15) is 0 Å². The van der Waals surface area contributed by atoms with E-state index in [0.717, 1.165) is 0 Å². The molecule has 0 saturated heterocycles. The number of nitrogens with zero attached hydrogens (tertiary/aromatic N) is 2. The van der Waals surface area contributed by atoms with Gasteiger partial charge in [0.2, 0.25) is 5.95 Å². The monoisotopic (exact) mass is 209 g/mol. The molecule has 0 saturated carbocycles. The Morgan fingerprint density at radius 2 is 2.20 bits per heavy atom. The second-order valence-electron chi connectivity index (χ2n) is 3.48. The van der Waals surface area contributed by atoms with Gasteiger partial charge in [-0.05, 0) is 20.8 Å². The molecule has 15 heavy (non-hydrogen) atoms. The lowest BCUT2D eigenvalue weighted by Crippen LogP contribution is -2.14. The minimum atomic E-state index is -0.413. The molecule has 0 spiro atoms. The molecule has 0 aromatic carbocycles. The van der Waals surface area contributed by atoms with Crippen LogP contribution in [0.3, 0.4) is 0 Å². The smallest absolute Gasteiger partial charge is 0.341 e. The van der Waals surface area contributed by atoms with E-state index >= 15 is 0 Å². The summed E-state index contributed by atoms with van der Waals surface area (Å²) in [6.07, 6.45) is 1.47. The van der Waals surface area contributed by atoms with Gasteiger partial charge < -0.3 is 10.1 Å². The Kier molecular flexibility index (Phi) is 3.60. The van der Waals surface area contributed by atoms with Gasteiger partial charge in [-0.25, -0.2) is 14.8 Å². The van der Waals surface area contributed by atoms with Gasteiger partial charge in [0.15, 0.2) is 0 Å². The first-order chi connectivity index (χ1) is 7.04. The number of ether oxygens (including phenoxy) is 1. The highest BCUT2D eigenvalue weighted by atomic mass is 16.5. The van der Waals surface area contributed by atoms with Crippen molar-refractivity contribution < 1.29 is 9.53 Å². The van der Waals surface area contributed by atoms with E-state index in [1.807, 2.05) is 13.8 Å². The normalized spacial score (nSPS) is 10.2. The Bertz CT molecular complexity index is 364. The fourth-order valence-corrected chi connectivity index (χ4v) is 1.11. The highest BCUT2D eigenvalue weighted by Crippen LogP contribution is 2.08. The minimum Gasteiger partial charge on any atom is -0.465 e. The summed E-state index contributed by atoms with van der Waals surface area (Å²) in [6, 6.07) is 0.258. The third kappa shape index (κ3) is 2.90. The predicted octanol–water partition coefficient (Wildman–Crippen LogP) is 1.39. The molecule has 0 unspecified atom stereocenters. The second kappa shape index (κ2) is 4.72. The summed E-state index contributed by atoms with van der Waals surface area (Å²) in [4.78, 5) is 19.4. The van der Waals surface area contributed by atoms with Crippen LogP contribution in [0.1, 0.15) is 29.9 Å². The molecule has 0 fully saturated rings. The maximum Gasteiger partial charge on any atom is 0.341 e. The molecule has 1 rings (SSSR count). The minimum absolute atomic E-state index is 0.258. The first-order valence-corrected chi connectivity index (χ1v) is 4.73. The molecule has 82 valence electrons. The number of aromatic nitrogens is 2. The number of carbonyl (C=O) groups excluding carboxylic acids is 1. The van der Waals surface area contributed by atoms with Crippen LogP contribution in [0.2, 0.25) is 0 Å². The zero-order chi connectivity index (χ0) is 11.4. The van der Waals surface area contributed by atoms with Crippen LogP contribution in [0, 0.1) is 6.92 Å². The van der Waals surface area contributed by atoms with E-state index in [9.17, 15) is 4.79 Å². The summed E-state index contributed by atoms with van der Waals surface area (Å²) < 4.78 is 4.60. The molecule has 5 nitrogen and oxygen atoms in total.